The highest BCUT2D eigenvalue weighted by molar-refractivity contribution is 5.89. The molecule has 188 valence electrons. The molecule has 4 rings (SSSR count). The van der Waals surface area contributed by atoms with Gasteiger partial charge in [-0.3, -0.25) is 4.79 Å². The van der Waals surface area contributed by atoms with Gasteiger partial charge in [0.2, 0.25) is 5.91 Å². The minimum absolute atomic E-state index is 0.0411. The van der Waals surface area contributed by atoms with Gasteiger partial charge in [-0.2, -0.15) is 0 Å². The summed E-state index contributed by atoms with van der Waals surface area (Å²) in [5.41, 5.74) is 2.56. The summed E-state index contributed by atoms with van der Waals surface area (Å²) < 4.78 is 16.4. The fraction of sp³-hybridized carbons (Fsp3) is 0.333. The number of amides is 1. The van der Waals surface area contributed by atoms with E-state index in [1.54, 1.807) is 19.2 Å². The molecule has 0 N–H and O–H groups in total. The van der Waals surface area contributed by atoms with Gasteiger partial charge in [0.15, 0.2) is 11.5 Å². The first-order chi connectivity index (χ1) is 17.6. The maximum absolute atomic E-state index is 13.7. The van der Waals surface area contributed by atoms with Crippen molar-refractivity contribution in [2.24, 2.45) is 5.92 Å². The Morgan fingerprint density at radius 1 is 0.750 bits per heavy atom. The highest BCUT2D eigenvalue weighted by atomic mass is 16.5. The first kappa shape index (κ1) is 25.3. The summed E-state index contributed by atoms with van der Waals surface area (Å²) >= 11 is 0. The normalized spacial score (nSPS) is 17.2. The standard InChI is InChI=1S/C30H33NO5/c1-34-27-10-6-7-11-28(27)36-26-18-16-24(17-19-26)29(32)31(20-22-8-4-3-5-9-22)21-23-12-14-25(15-13-23)30(33)35-2/h3-15,24,26H,16-21H2,1-2H3. The summed E-state index contributed by atoms with van der Waals surface area (Å²) in [6.45, 7) is 1.02. The molecule has 6 nitrogen and oxygen atoms in total. The van der Waals surface area contributed by atoms with E-state index in [9.17, 15) is 9.59 Å². The van der Waals surface area contributed by atoms with E-state index in [0.29, 0.717) is 18.7 Å². The van der Waals surface area contributed by atoms with Gasteiger partial charge < -0.3 is 19.1 Å². The van der Waals surface area contributed by atoms with Gasteiger partial charge in [-0.15, -0.1) is 0 Å². The van der Waals surface area contributed by atoms with Crippen LogP contribution in [0.2, 0.25) is 0 Å². The smallest absolute Gasteiger partial charge is 0.337 e. The second-order valence-corrected chi connectivity index (χ2v) is 9.11. The van der Waals surface area contributed by atoms with Crippen molar-refractivity contribution in [3.8, 4) is 11.5 Å². The van der Waals surface area contributed by atoms with Crippen molar-refractivity contribution < 1.29 is 23.8 Å². The maximum Gasteiger partial charge on any atom is 0.337 e. The van der Waals surface area contributed by atoms with E-state index in [1.165, 1.54) is 7.11 Å². The summed E-state index contributed by atoms with van der Waals surface area (Å²) in [6.07, 6.45) is 3.28. The van der Waals surface area contributed by atoms with Crippen LogP contribution in [0.15, 0.2) is 78.9 Å². The lowest BCUT2D eigenvalue weighted by Gasteiger charge is -2.33. The minimum atomic E-state index is -0.370. The largest absolute Gasteiger partial charge is 0.493 e. The van der Waals surface area contributed by atoms with Crippen LogP contribution in [-0.2, 0) is 22.6 Å². The van der Waals surface area contributed by atoms with Crippen LogP contribution in [0.1, 0.15) is 47.2 Å². The van der Waals surface area contributed by atoms with Crippen LogP contribution in [0.5, 0.6) is 11.5 Å². The van der Waals surface area contributed by atoms with Gasteiger partial charge in [0, 0.05) is 19.0 Å². The van der Waals surface area contributed by atoms with Crippen molar-refractivity contribution in [1.29, 1.82) is 0 Å². The second kappa shape index (κ2) is 12.2. The van der Waals surface area contributed by atoms with Crippen LogP contribution in [-0.4, -0.2) is 37.1 Å². The number of rotatable bonds is 9. The Morgan fingerprint density at radius 2 is 1.33 bits per heavy atom. The molecule has 1 amide bonds. The Kier molecular flexibility index (Phi) is 8.61. The highest BCUT2D eigenvalue weighted by Crippen LogP contribution is 2.33. The topological polar surface area (TPSA) is 65.1 Å². The van der Waals surface area contributed by atoms with E-state index in [4.69, 9.17) is 14.2 Å². The molecule has 0 aliphatic heterocycles. The number of esters is 1. The van der Waals surface area contributed by atoms with E-state index < -0.39 is 0 Å². The molecular formula is C30H33NO5. The Labute approximate surface area is 212 Å². The van der Waals surface area contributed by atoms with Gasteiger partial charge in [-0.25, -0.2) is 4.79 Å². The van der Waals surface area contributed by atoms with Crippen molar-refractivity contribution in [1.82, 2.24) is 4.90 Å². The zero-order valence-electron chi connectivity index (χ0n) is 20.9. The number of ether oxygens (including phenoxy) is 3. The molecular weight excluding hydrogens is 454 g/mol. The molecule has 0 heterocycles. The van der Waals surface area contributed by atoms with Gasteiger partial charge in [0.05, 0.1) is 25.9 Å². The van der Waals surface area contributed by atoms with E-state index >= 15 is 0 Å². The summed E-state index contributed by atoms with van der Waals surface area (Å²) in [5.74, 6) is 1.22. The molecule has 1 saturated carbocycles. The number of carbonyl (C=O) groups is 2. The lowest BCUT2D eigenvalue weighted by Crippen LogP contribution is -2.38. The molecule has 1 fully saturated rings. The van der Waals surface area contributed by atoms with E-state index in [1.807, 2.05) is 71.6 Å². The Balaban J connectivity index is 1.42. The Hall–Kier alpha value is -3.80. The predicted molar refractivity (Wildman–Crippen MR) is 138 cm³/mol. The average molecular weight is 488 g/mol. The molecule has 36 heavy (non-hydrogen) atoms. The van der Waals surface area contributed by atoms with E-state index in [2.05, 4.69) is 0 Å². The van der Waals surface area contributed by atoms with Crippen LogP contribution in [0.3, 0.4) is 0 Å². The summed E-state index contributed by atoms with van der Waals surface area (Å²) in [6, 6.07) is 25.0. The van der Waals surface area contributed by atoms with Gasteiger partial charge in [0.1, 0.15) is 0 Å². The second-order valence-electron chi connectivity index (χ2n) is 9.11. The Bertz CT molecular complexity index is 1140. The predicted octanol–water partition coefficient (Wildman–Crippen LogP) is 5.65. The number of hydrogen-bond acceptors (Lipinski definition) is 5. The lowest BCUT2D eigenvalue weighted by molar-refractivity contribution is -0.138. The number of nitrogens with zero attached hydrogens (tertiary/aromatic N) is 1. The van der Waals surface area contributed by atoms with Crippen molar-refractivity contribution in [2.75, 3.05) is 14.2 Å². The van der Waals surface area contributed by atoms with Crippen LogP contribution >= 0.6 is 0 Å². The average Bonchev–Trinajstić information content (AvgIpc) is 2.93. The quantitative estimate of drug-likeness (QED) is 0.365. The molecule has 0 aromatic heterocycles. The molecule has 3 aromatic carbocycles. The van der Waals surface area contributed by atoms with Crippen molar-refractivity contribution in [3.63, 3.8) is 0 Å². The fourth-order valence-corrected chi connectivity index (χ4v) is 4.68. The van der Waals surface area contributed by atoms with Crippen LogP contribution in [0.25, 0.3) is 0 Å². The highest BCUT2D eigenvalue weighted by Gasteiger charge is 2.31. The van der Waals surface area contributed by atoms with Crippen molar-refractivity contribution >= 4 is 11.9 Å². The fourth-order valence-electron chi connectivity index (χ4n) is 4.68. The van der Waals surface area contributed by atoms with Crippen LogP contribution in [0.4, 0.5) is 0 Å². The summed E-state index contributed by atoms with van der Waals surface area (Å²) in [7, 11) is 3.01. The van der Waals surface area contributed by atoms with Crippen molar-refractivity contribution in [2.45, 2.75) is 44.9 Å². The van der Waals surface area contributed by atoms with Crippen LogP contribution in [0, 0.1) is 5.92 Å². The molecule has 0 atom stereocenters. The molecule has 0 bridgehead atoms. The molecule has 1 aliphatic carbocycles. The number of para-hydroxylation sites is 2. The first-order valence-electron chi connectivity index (χ1n) is 12.4. The molecule has 3 aromatic rings. The molecule has 6 heteroatoms. The van der Waals surface area contributed by atoms with Crippen molar-refractivity contribution in [3.05, 3.63) is 95.6 Å². The third-order valence-electron chi connectivity index (χ3n) is 6.66. The summed E-state index contributed by atoms with van der Waals surface area (Å²) in [5, 5.41) is 0. The molecule has 0 unspecified atom stereocenters. The van der Waals surface area contributed by atoms with Gasteiger partial charge in [-0.1, -0.05) is 54.6 Å². The molecule has 0 radical (unpaired) electrons. The van der Waals surface area contributed by atoms with E-state index in [0.717, 1.165) is 48.3 Å². The third-order valence-corrected chi connectivity index (χ3v) is 6.66. The molecule has 1 aliphatic rings. The number of hydrogen-bond donors (Lipinski definition) is 0. The van der Waals surface area contributed by atoms with Gasteiger partial charge >= 0.3 is 5.97 Å². The molecule has 0 saturated heterocycles. The SMILES string of the molecule is COC(=O)c1ccc(CN(Cc2ccccc2)C(=O)C2CCC(Oc3ccccc3OC)CC2)cc1. The Morgan fingerprint density at radius 3 is 1.94 bits per heavy atom. The maximum atomic E-state index is 13.7. The number of benzene rings is 3. The zero-order valence-corrected chi connectivity index (χ0v) is 20.9. The zero-order chi connectivity index (χ0) is 25.3. The van der Waals surface area contributed by atoms with Crippen LogP contribution < -0.4 is 9.47 Å². The number of methoxy groups -OCH3 is 2. The first-order valence-corrected chi connectivity index (χ1v) is 12.4. The lowest BCUT2D eigenvalue weighted by atomic mass is 9.86. The monoisotopic (exact) mass is 487 g/mol. The third kappa shape index (κ3) is 6.45. The minimum Gasteiger partial charge on any atom is -0.493 e. The number of carbonyl (C=O) groups excluding carboxylic acids is 2. The summed E-state index contributed by atoms with van der Waals surface area (Å²) in [4.78, 5) is 27.4. The van der Waals surface area contributed by atoms with Gasteiger partial charge in [0.25, 0.3) is 0 Å². The van der Waals surface area contributed by atoms with Gasteiger partial charge in [-0.05, 0) is 61.1 Å². The molecule has 0 spiro atoms. The van der Waals surface area contributed by atoms with E-state index in [-0.39, 0.29) is 23.9 Å².